The van der Waals surface area contributed by atoms with Crippen LogP contribution in [0.4, 0.5) is 9.18 Å². The summed E-state index contributed by atoms with van der Waals surface area (Å²) in [7, 11) is 0. The molecule has 1 heterocycles. The molecule has 22 heavy (non-hydrogen) atoms. The van der Waals surface area contributed by atoms with E-state index in [2.05, 4.69) is 5.32 Å². The van der Waals surface area contributed by atoms with Crippen LogP contribution in [-0.2, 0) is 6.42 Å². The Morgan fingerprint density at radius 3 is 2.59 bits per heavy atom. The van der Waals surface area contributed by atoms with E-state index in [4.69, 9.17) is 9.52 Å². The highest BCUT2D eigenvalue weighted by atomic mass is 19.1. The van der Waals surface area contributed by atoms with Crippen LogP contribution in [-0.4, -0.2) is 23.5 Å². The van der Waals surface area contributed by atoms with E-state index in [1.165, 1.54) is 18.4 Å². The van der Waals surface area contributed by atoms with Crippen LogP contribution in [0.15, 0.2) is 41.0 Å². The number of nitrogens with one attached hydrogen (secondary N) is 1. The van der Waals surface area contributed by atoms with Gasteiger partial charge in [0.25, 0.3) is 0 Å². The summed E-state index contributed by atoms with van der Waals surface area (Å²) in [6, 6.07) is 7.77. The van der Waals surface area contributed by atoms with Gasteiger partial charge in [0.05, 0.1) is 6.26 Å². The highest BCUT2D eigenvalue weighted by Gasteiger charge is 2.15. The predicted octanol–water partition coefficient (Wildman–Crippen LogP) is 3.24. The summed E-state index contributed by atoms with van der Waals surface area (Å²) < 4.78 is 18.1. The Hall–Kier alpha value is -2.63. The smallest absolute Gasteiger partial charge is 0.404 e. The molecule has 0 aliphatic rings. The second-order valence-electron chi connectivity index (χ2n) is 4.84. The van der Waals surface area contributed by atoms with E-state index in [1.54, 1.807) is 18.2 Å². The molecule has 0 fully saturated rings. The number of hydrogen-bond donors (Lipinski definition) is 2. The fourth-order valence-corrected chi connectivity index (χ4v) is 2.10. The number of rotatable bonds is 7. The molecule has 2 N–H and O–H groups in total. The number of Topliss-reactive ketones (excluding diaryl/α,β-unsaturated/α-hetero) is 1. The van der Waals surface area contributed by atoms with E-state index in [0.29, 0.717) is 12.8 Å². The normalized spacial score (nSPS) is 10.4. The minimum absolute atomic E-state index is 0.172. The van der Waals surface area contributed by atoms with Crippen molar-refractivity contribution >= 4 is 11.9 Å². The average molecular weight is 305 g/mol. The van der Waals surface area contributed by atoms with Crippen molar-refractivity contribution in [1.29, 1.82) is 0 Å². The van der Waals surface area contributed by atoms with Gasteiger partial charge in [0.2, 0.25) is 0 Å². The van der Waals surface area contributed by atoms with Crippen molar-refractivity contribution in [2.24, 2.45) is 0 Å². The van der Waals surface area contributed by atoms with E-state index < -0.39 is 6.09 Å². The number of ketones is 1. The summed E-state index contributed by atoms with van der Waals surface area (Å²) in [4.78, 5) is 22.4. The zero-order valence-electron chi connectivity index (χ0n) is 11.8. The monoisotopic (exact) mass is 305 g/mol. The number of carboxylic acid groups (broad SMARTS) is 1. The summed E-state index contributed by atoms with van der Waals surface area (Å²) in [6.07, 6.45) is 1.42. The summed E-state index contributed by atoms with van der Waals surface area (Å²) >= 11 is 0. The first-order chi connectivity index (χ1) is 10.6. The van der Waals surface area contributed by atoms with Crippen LogP contribution < -0.4 is 5.32 Å². The van der Waals surface area contributed by atoms with Crippen molar-refractivity contribution in [1.82, 2.24) is 5.32 Å². The molecular formula is C16H16FNO4. The third-order valence-corrected chi connectivity index (χ3v) is 3.16. The minimum atomic E-state index is -1.11. The van der Waals surface area contributed by atoms with Gasteiger partial charge in [0, 0.05) is 24.9 Å². The number of hydrogen-bond acceptors (Lipinski definition) is 3. The highest BCUT2D eigenvalue weighted by Crippen LogP contribution is 2.18. The highest BCUT2D eigenvalue weighted by molar-refractivity contribution is 5.94. The summed E-state index contributed by atoms with van der Waals surface area (Å²) in [6.45, 7) is 0.217. The molecule has 0 unspecified atom stereocenters. The lowest BCUT2D eigenvalue weighted by molar-refractivity contribution is 0.0951. The molecule has 5 nitrogen and oxygen atoms in total. The first-order valence-electron chi connectivity index (χ1n) is 6.87. The van der Waals surface area contributed by atoms with Crippen LogP contribution in [0.25, 0.3) is 0 Å². The van der Waals surface area contributed by atoms with E-state index >= 15 is 0 Å². The molecule has 1 aromatic heterocycles. The van der Waals surface area contributed by atoms with Gasteiger partial charge in [-0.1, -0.05) is 12.1 Å². The van der Waals surface area contributed by atoms with Gasteiger partial charge >= 0.3 is 6.09 Å². The number of carbonyl (C=O) groups is 2. The maximum atomic E-state index is 12.9. The lowest BCUT2D eigenvalue weighted by Gasteiger charge is -2.03. The predicted molar refractivity (Wildman–Crippen MR) is 77.5 cm³/mol. The lowest BCUT2D eigenvalue weighted by atomic mass is 10.0. The fraction of sp³-hybridized carbons (Fsp3) is 0.250. The third kappa shape index (κ3) is 4.44. The van der Waals surface area contributed by atoms with Crippen LogP contribution in [0.3, 0.4) is 0 Å². The quantitative estimate of drug-likeness (QED) is 0.608. The van der Waals surface area contributed by atoms with Gasteiger partial charge in [0.15, 0.2) is 11.5 Å². The standard InChI is InChI=1S/C16H16FNO4/c17-13-5-3-11(4-6-13)10-12-7-9-22-15(12)14(19)2-1-8-18-16(20)21/h3-7,9,18H,1-2,8,10H2,(H,20,21). The fourth-order valence-electron chi connectivity index (χ4n) is 2.10. The molecule has 0 aliphatic carbocycles. The van der Waals surface area contributed by atoms with Crippen molar-refractivity contribution in [2.45, 2.75) is 19.3 Å². The van der Waals surface area contributed by atoms with Crippen molar-refractivity contribution in [3.05, 3.63) is 59.3 Å². The Morgan fingerprint density at radius 2 is 1.91 bits per heavy atom. The van der Waals surface area contributed by atoms with Gasteiger partial charge in [-0.25, -0.2) is 9.18 Å². The topological polar surface area (TPSA) is 79.5 Å². The van der Waals surface area contributed by atoms with E-state index in [0.717, 1.165) is 11.1 Å². The van der Waals surface area contributed by atoms with Gasteiger partial charge in [-0.3, -0.25) is 4.79 Å². The van der Waals surface area contributed by atoms with E-state index in [-0.39, 0.29) is 30.3 Å². The molecule has 116 valence electrons. The maximum absolute atomic E-state index is 12.9. The van der Waals surface area contributed by atoms with Gasteiger partial charge in [-0.2, -0.15) is 0 Å². The lowest BCUT2D eigenvalue weighted by Crippen LogP contribution is -2.22. The van der Waals surface area contributed by atoms with E-state index in [9.17, 15) is 14.0 Å². The van der Waals surface area contributed by atoms with Crippen LogP contribution >= 0.6 is 0 Å². The van der Waals surface area contributed by atoms with Crippen LogP contribution in [0.1, 0.15) is 34.5 Å². The Balaban J connectivity index is 1.95. The van der Waals surface area contributed by atoms with Gasteiger partial charge in [-0.05, 0) is 30.2 Å². The molecule has 1 aromatic carbocycles. The first-order valence-corrected chi connectivity index (χ1v) is 6.87. The van der Waals surface area contributed by atoms with Gasteiger partial charge in [0.1, 0.15) is 5.82 Å². The Morgan fingerprint density at radius 1 is 1.18 bits per heavy atom. The van der Waals surface area contributed by atoms with Crippen LogP contribution in [0.5, 0.6) is 0 Å². The Labute approximate surface area is 126 Å². The van der Waals surface area contributed by atoms with Gasteiger partial charge < -0.3 is 14.8 Å². The van der Waals surface area contributed by atoms with E-state index in [1.807, 2.05) is 0 Å². The largest absolute Gasteiger partial charge is 0.465 e. The molecule has 0 atom stereocenters. The van der Waals surface area contributed by atoms with Crippen molar-refractivity contribution in [2.75, 3.05) is 6.54 Å². The molecule has 0 bridgehead atoms. The van der Waals surface area contributed by atoms with Gasteiger partial charge in [-0.15, -0.1) is 0 Å². The number of benzene rings is 1. The Bertz CT molecular complexity index is 648. The second-order valence-corrected chi connectivity index (χ2v) is 4.84. The molecular weight excluding hydrogens is 289 g/mol. The number of amides is 1. The zero-order chi connectivity index (χ0) is 15.9. The summed E-state index contributed by atoms with van der Waals surface area (Å²) in [5.74, 6) is -0.202. The zero-order valence-corrected chi connectivity index (χ0v) is 11.8. The molecule has 0 spiro atoms. The summed E-state index contributed by atoms with van der Waals surface area (Å²) in [5, 5.41) is 10.7. The van der Waals surface area contributed by atoms with Crippen molar-refractivity contribution in [3.8, 4) is 0 Å². The molecule has 2 aromatic rings. The maximum Gasteiger partial charge on any atom is 0.404 e. The molecule has 0 radical (unpaired) electrons. The van der Waals surface area contributed by atoms with Crippen molar-refractivity contribution < 1.29 is 23.5 Å². The molecule has 6 heteroatoms. The average Bonchev–Trinajstić information content (AvgIpc) is 2.94. The molecule has 1 amide bonds. The second kappa shape index (κ2) is 7.40. The first kappa shape index (κ1) is 15.8. The van der Waals surface area contributed by atoms with Crippen LogP contribution in [0, 0.1) is 5.82 Å². The molecule has 0 saturated carbocycles. The molecule has 0 saturated heterocycles. The minimum Gasteiger partial charge on any atom is -0.465 e. The third-order valence-electron chi connectivity index (χ3n) is 3.16. The summed E-state index contributed by atoms with van der Waals surface area (Å²) in [5.41, 5.74) is 1.62. The number of carbonyl (C=O) groups excluding carboxylic acids is 1. The Kier molecular flexibility index (Phi) is 5.30. The number of halogens is 1. The van der Waals surface area contributed by atoms with Crippen LogP contribution in [0.2, 0.25) is 0 Å². The molecule has 2 rings (SSSR count). The number of furan rings is 1. The van der Waals surface area contributed by atoms with Crippen molar-refractivity contribution in [3.63, 3.8) is 0 Å². The molecule has 0 aliphatic heterocycles. The SMILES string of the molecule is O=C(O)NCCCC(=O)c1occc1Cc1ccc(F)cc1.